The number of nitrogens with one attached hydrogen (secondary N) is 1. The summed E-state index contributed by atoms with van der Waals surface area (Å²) in [5.74, 6) is 0.291. The average Bonchev–Trinajstić information content (AvgIpc) is 3.02. The molecule has 1 saturated heterocycles. The number of hydrogen-bond donors (Lipinski definition) is 1. The topological polar surface area (TPSA) is 35.6 Å². The van der Waals surface area contributed by atoms with E-state index in [1.807, 2.05) is 4.90 Å². The summed E-state index contributed by atoms with van der Waals surface area (Å²) in [6.45, 7) is 8.67. The molecule has 1 aromatic rings. The van der Waals surface area contributed by atoms with Gasteiger partial charge in [-0.05, 0) is 36.5 Å². The van der Waals surface area contributed by atoms with Crippen LogP contribution in [0.2, 0.25) is 0 Å². The van der Waals surface area contributed by atoms with Crippen LogP contribution in [-0.2, 0) is 17.6 Å². The van der Waals surface area contributed by atoms with Gasteiger partial charge in [0.2, 0.25) is 5.91 Å². The smallest absolute Gasteiger partial charge is 0.226 e. The van der Waals surface area contributed by atoms with Crippen molar-refractivity contribution in [3.63, 3.8) is 0 Å². The molecule has 4 heteroatoms. The van der Waals surface area contributed by atoms with Crippen LogP contribution in [0.5, 0.6) is 0 Å². The zero-order chi connectivity index (χ0) is 16.1. The van der Waals surface area contributed by atoms with Gasteiger partial charge in [0.05, 0.1) is 0 Å². The van der Waals surface area contributed by atoms with Crippen LogP contribution in [0.25, 0.3) is 0 Å². The molecule has 0 atom stereocenters. The Morgan fingerprint density at radius 3 is 2.83 bits per heavy atom. The standard InChI is InChI=1S/C19H29N3O/c1-2-3-4-19(23)22-12-8-17-15-16(5-6-18(17)22)7-11-21-13-9-20-10-14-21/h5-6,15,20H,2-4,7-14H2,1H3. The highest BCUT2D eigenvalue weighted by Crippen LogP contribution is 2.29. The van der Waals surface area contributed by atoms with Gasteiger partial charge in [-0.1, -0.05) is 25.5 Å². The van der Waals surface area contributed by atoms with Gasteiger partial charge in [-0.15, -0.1) is 0 Å². The molecule has 0 spiro atoms. The third-order valence-corrected chi connectivity index (χ3v) is 5.01. The Labute approximate surface area is 139 Å². The summed E-state index contributed by atoms with van der Waals surface area (Å²) in [5, 5.41) is 3.40. The lowest BCUT2D eigenvalue weighted by atomic mass is 10.1. The highest BCUT2D eigenvalue weighted by atomic mass is 16.2. The molecule has 0 saturated carbocycles. The number of carbonyl (C=O) groups is 1. The van der Waals surface area contributed by atoms with Crippen LogP contribution in [0.3, 0.4) is 0 Å². The second-order valence-corrected chi connectivity index (χ2v) is 6.70. The van der Waals surface area contributed by atoms with E-state index in [9.17, 15) is 4.79 Å². The number of amides is 1. The Morgan fingerprint density at radius 2 is 2.04 bits per heavy atom. The highest BCUT2D eigenvalue weighted by Gasteiger charge is 2.24. The van der Waals surface area contributed by atoms with Crippen molar-refractivity contribution >= 4 is 11.6 Å². The number of unbranched alkanes of at least 4 members (excludes halogenated alkanes) is 1. The van der Waals surface area contributed by atoms with Gasteiger partial charge in [0.25, 0.3) is 0 Å². The SMILES string of the molecule is CCCCC(=O)N1CCc2cc(CCN3CCNCC3)ccc21. The first-order valence-corrected chi connectivity index (χ1v) is 9.13. The fourth-order valence-corrected chi connectivity index (χ4v) is 3.55. The van der Waals surface area contributed by atoms with Crippen molar-refractivity contribution in [2.45, 2.75) is 39.0 Å². The maximum Gasteiger partial charge on any atom is 0.226 e. The van der Waals surface area contributed by atoms with E-state index in [1.165, 1.54) is 11.1 Å². The van der Waals surface area contributed by atoms with E-state index in [4.69, 9.17) is 0 Å². The molecule has 1 amide bonds. The molecule has 0 unspecified atom stereocenters. The second kappa shape index (κ2) is 7.93. The summed E-state index contributed by atoms with van der Waals surface area (Å²) in [6.07, 6.45) is 4.87. The van der Waals surface area contributed by atoms with Crippen molar-refractivity contribution in [3.05, 3.63) is 29.3 Å². The van der Waals surface area contributed by atoms with E-state index < -0.39 is 0 Å². The third kappa shape index (κ3) is 4.12. The lowest BCUT2D eigenvalue weighted by molar-refractivity contribution is -0.118. The molecule has 2 heterocycles. The Kier molecular flexibility index (Phi) is 5.68. The first-order chi connectivity index (χ1) is 11.3. The number of carbonyl (C=O) groups excluding carboxylic acids is 1. The molecule has 3 rings (SSSR count). The molecule has 2 aliphatic heterocycles. The van der Waals surface area contributed by atoms with Crippen molar-refractivity contribution in [1.82, 2.24) is 10.2 Å². The zero-order valence-electron chi connectivity index (χ0n) is 14.3. The van der Waals surface area contributed by atoms with Gasteiger partial charge >= 0.3 is 0 Å². The maximum atomic E-state index is 12.3. The predicted octanol–water partition coefficient (Wildman–Crippen LogP) is 2.21. The zero-order valence-corrected chi connectivity index (χ0v) is 14.3. The van der Waals surface area contributed by atoms with Gasteiger partial charge in [-0.25, -0.2) is 0 Å². The minimum absolute atomic E-state index is 0.291. The number of fused-ring (bicyclic) bond motifs is 1. The minimum atomic E-state index is 0.291. The van der Waals surface area contributed by atoms with Crippen LogP contribution in [0, 0.1) is 0 Å². The van der Waals surface area contributed by atoms with Crippen molar-refractivity contribution in [3.8, 4) is 0 Å². The number of nitrogens with zero attached hydrogens (tertiary/aromatic N) is 2. The van der Waals surface area contributed by atoms with Crippen LogP contribution < -0.4 is 10.2 Å². The average molecular weight is 315 g/mol. The summed E-state index contributed by atoms with van der Waals surface area (Å²) in [7, 11) is 0. The molecule has 23 heavy (non-hydrogen) atoms. The lowest BCUT2D eigenvalue weighted by Gasteiger charge is -2.27. The lowest BCUT2D eigenvalue weighted by Crippen LogP contribution is -2.44. The number of benzene rings is 1. The molecule has 1 fully saturated rings. The van der Waals surface area contributed by atoms with E-state index in [0.29, 0.717) is 12.3 Å². The van der Waals surface area contributed by atoms with Crippen molar-refractivity contribution < 1.29 is 4.79 Å². The molecule has 4 nitrogen and oxygen atoms in total. The Bertz CT molecular complexity index is 537. The van der Waals surface area contributed by atoms with Gasteiger partial charge < -0.3 is 15.1 Å². The molecular weight excluding hydrogens is 286 g/mol. The van der Waals surface area contributed by atoms with Crippen molar-refractivity contribution in [1.29, 1.82) is 0 Å². The number of piperazine rings is 1. The van der Waals surface area contributed by atoms with Gasteiger partial charge in [-0.2, -0.15) is 0 Å². The summed E-state index contributed by atoms with van der Waals surface area (Å²) in [6, 6.07) is 6.70. The van der Waals surface area contributed by atoms with E-state index in [-0.39, 0.29) is 0 Å². The molecular formula is C19H29N3O. The molecule has 126 valence electrons. The van der Waals surface area contributed by atoms with Crippen LogP contribution in [-0.4, -0.2) is 50.1 Å². The summed E-state index contributed by atoms with van der Waals surface area (Å²) in [5.41, 5.74) is 3.91. The largest absolute Gasteiger partial charge is 0.314 e. The van der Waals surface area contributed by atoms with Gasteiger partial charge in [0, 0.05) is 51.4 Å². The maximum absolute atomic E-state index is 12.3. The molecule has 0 aromatic heterocycles. The van der Waals surface area contributed by atoms with Crippen molar-refractivity contribution in [2.24, 2.45) is 0 Å². The Hall–Kier alpha value is -1.39. The summed E-state index contributed by atoms with van der Waals surface area (Å²) < 4.78 is 0. The first kappa shape index (κ1) is 16.5. The molecule has 0 aliphatic carbocycles. The Morgan fingerprint density at radius 1 is 1.22 bits per heavy atom. The first-order valence-electron chi connectivity index (χ1n) is 9.13. The number of hydrogen-bond acceptors (Lipinski definition) is 3. The highest BCUT2D eigenvalue weighted by molar-refractivity contribution is 5.95. The van der Waals surface area contributed by atoms with E-state index >= 15 is 0 Å². The molecule has 0 bridgehead atoms. The van der Waals surface area contributed by atoms with Crippen LogP contribution in [0.15, 0.2) is 18.2 Å². The predicted molar refractivity (Wildman–Crippen MR) is 95.0 cm³/mol. The van der Waals surface area contributed by atoms with E-state index in [1.54, 1.807) is 0 Å². The normalized spacial score (nSPS) is 18.2. The fraction of sp³-hybridized carbons (Fsp3) is 0.632. The van der Waals surface area contributed by atoms with Crippen LogP contribution in [0.4, 0.5) is 5.69 Å². The van der Waals surface area contributed by atoms with Crippen molar-refractivity contribution in [2.75, 3.05) is 44.2 Å². The number of anilines is 1. The summed E-state index contributed by atoms with van der Waals surface area (Å²) in [4.78, 5) is 16.8. The minimum Gasteiger partial charge on any atom is -0.314 e. The second-order valence-electron chi connectivity index (χ2n) is 6.70. The van der Waals surface area contributed by atoms with Gasteiger partial charge in [0.15, 0.2) is 0 Å². The quantitative estimate of drug-likeness (QED) is 0.874. The Balaban J connectivity index is 1.58. The third-order valence-electron chi connectivity index (χ3n) is 5.01. The van der Waals surface area contributed by atoms with Gasteiger partial charge in [0.1, 0.15) is 0 Å². The van der Waals surface area contributed by atoms with E-state index in [0.717, 1.165) is 70.6 Å². The molecule has 1 N–H and O–H groups in total. The molecule has 2 aliphatic rings. The molecule has 1 aromatic carbocycles. The number of rotatable bonds is 6. The molecule has 0 radical (unpaired) electrons. The van der Waals surface area contributed by atoms with Gasteiger partial charge in [-0.3, -0.25) is 4.79 Å². The van der Waals surface area contributed by atoms with Crippen LogP contribution >= 0.6 is 0 Å². The fourth-order valence-electron chi connectivity index (χ4n) is 3.55. The van der Waals surface area contributed by atoms with E-state index in [2.05, 4.69) is 35.3 Å². The summed E-state index contributed by atoms with van der Waals surface area (Å²) >= 11 is 0. The monoisotopic (exact) mass is 315 g/mol. The van der Waals surface area contributed by atoms with Crippen LogP contribution in [0.1, 0.15) is 37.3 Å².